The maximum absolute atomic E-state index is 13.9. The predicted octanol–water partition coefficient (Wildman–Crippen LogP) is 4.42. The molecule has 2 aromatic rings. The standard InChI is InChI=1S/C29H44N6O2/c1-23(2)32-15-9-17-35(29(37)25-11-5-4-6-12-25)28-24(3)10-7-13-26(28)20-33(19-18-32)27(36)14-8-16-34-22-30-21-31-34/h7,10,13,21-23,25H,4-6,8-9,11-12,14-20H2,1-3H3. The Labute approximate surface area is 222 Å². The van der Waals surface area contributed by atoms with Gasteiger partial charge in [0.2, 0.25) is 11.8 Å². The fourth-order valence-electron chi connectivity index (χ4n) is 5.84. The summed E-state index contributed by atoms with van der Waals surface area (Å²) in [5.74, 6) is 0.541. The molecule has 0 radical (unpaired) electrons. The van der Waals surface area contributed by atoms with Gasteiger partial charge in [-0.2, -0.15) is 5.10 Å². The zero-order valence-electron chi connectivity index (χ0n) is 22.9. The van der Waals surface area contributed by atoms with Crippen molar-refractivity contribution < 1.29 is 9.59 Å². The molecule has 1 aliphatic heterocycles. The summed E-state index contributed by atoms with van der Waals surface area (Å²) < 4.78 is 1.77. The van der Waals surface area contributed by atoms with Gasteiger partial charge in [-0.15, -0.1) is 0 Å². The van der Waals surface area contributed by atoms with E-state index in [9.17, 15) is 9.59 Å². The number of anilines is 1. The number of nitrogens with zero attached hydrogens (tertiary/aromatic N) is 6. The number of hydrogen-bond donors (Lipinski definition) is 0. The van der Waals surface area contributed by atoms with Crippen LogP contribution >= 0.6 is 0 Å². The van der Waals surface area contributed by atoms with Crippen molar-refractivity contribution in [2.45, 2.75) is 91.3 Å². The lowest BCUT2D eigenvalue weighted by Gasteiger charge is -2.33. The number of amides is 2. The van der Waals surface area contributed by atoms with Crippen LogP contribution in [0.5, 0.6) is 0 Å². The first-order chi connectivity index (χ1) is 17.9. The summed E-state index contributed by atoms with van der Waals surface area (Å²) in [4.78, 5) is 37.9. The summed E-state index contributed by atoms with van der Waals surface area (Å²) >= 11 is 0. The molecule has 2 aliphatic rings. The molecule has 202 valence electrons. The quantitative estimate of drug-likeness (QED) is 0.577. The molecule has 1 saturated carbocycles. The van der Waals surface area contributed by atoms with Crippen molar-refractivity contribution in [3.63, 3.8) is 0 Å². The highest BCUT2D eigenvalue weighted by atomic mass is 16.2. The average Bonchev–Trinajstić information content (AvgIpc) is 3.40. The summed E-state index contributed by atoms with van der Waals surface area (Å²) in [7, 11) is 0. The summed E-state index contributed by atoms with van der Waals surface area (Å²) in [5, 5.41) is 4.15. The summed E-state index contributed by atoms with van der Waals surface area (Å²) in [6.45, 7) is 10.9. The molecule has 1 aliphatic carbocycles. The molecule has 0 atom stereocenters. The lowest BCUT2D eigenvalue weighted by Crippen LogP contribution is -2.41. The Balaban J connectivity index is 1.60. The predicted molar refractivity (Wildman–Crippen MR) is 146 cm³/mol. The first-order valence-electron chi connectivity index (χ1n) is 14.2. The number of fused-ring (bicyclic) bond motifs is 1. The maximum Gasteiger partial charge on any atom is 0.230 e. The largest absolute Gasteiger partial charge is 0.337 e. The number of hydrogen-bond acceptors (Lipinski definition) is 5. The molecular weight excluding hydrogens is 464 g/mol. The van der Waals surface area contributed by atoms with Crippen LogP contribution in [0.25, 0.3) is 0 Å². The Bertz CT molecular complexity index is 1020. The van der Waals surface area contributed by atoms with Gasteiger partial charge in [-0.3, -0.25) is 19.2 Å². The van der Waals surface area contributed by atoms with Crippen molar-refractivity contribution in [3.05, 3.63) is 42.0 Å². The lowest BCUT2D eigenvalue weighted by molar-refractivity contribution is -0.132. The highest BCUT2D eigenvalue weighted by molar-refractivity contribution is 5.96. The van der Waals surface area contributed by atoms with E-state index in [0.29, 0.717) is 32.1 Å². The maximum atomic E-state index is 13.9. The van der Waals surface area contributed by atoms with Crippen LogP contribution in [0.2, 0.25) is 0 Å². The van der Waals surface area contributed by atoms with E-state index in [2.05, 4.69) is 58.9 Å². The van der Waals surface area contributed by atoms with Gasteiger partial charge >= 0.3 is 0 Å². The van der Waals surface area contributed by atoms with Crippen LogP contribution in [0.3, 0.4) is 0 Å². The number of para-hydroxylation sites is 1. The normalized spacial score (nSPS) is 18.5. The zero-order chi connectivity index (χ0) is 26.2. The van der Waals surface area contributed by atoms with Gasteiger partial charge in [-0.1, -0.05) is 37.5 Å². The number of carbonyl (C=O) groups excluding carboxylic acids is 2. The third kappa shape index (κ3) is 7.18. The smallest absolute Gasteiger partial charge is 0.230 e. The Hall–Kier alpha value is -2.74. The third-order valence-electron chi connectivity index (χ3n) is 7.98. The van der Waals surface area contributed by atoms with E-state index in [0.717, 1.165) is 75.0 Å². The van der Waals surface area contributed by atoms with Gasteiger partial charge in [0.25, 0.3) is 0 Å². The summed E-state index contributed by atoms with van der Waals surface area (Å²) in [6, 6.07) is 6.66. The SMILES string of the molecule is Cc1cccc2c1N(C(=O)C1CCCCC1)CCCN(C(C)C)CCN(C(=O)CCCn1cncn1)C2. The van der Waals surface area contributed by atoms with E-state index in [1.54, 1.807) is 11.0 Å². The molecule has 2 heterocycles. The van der Waals surface area contributed by atoms with Crippen LogP contribution < -0.4 is 4.90 Å². The van der Waals surface area contributed by atoms with Crippen molar-refractivity contribution in [2.75, 3.05) is 31.1 Å². The van der Waals surface area contributed by atoms with Gasteiger partial charge in [0.1, 0.15) is 12.7 Å². The van der Waals surface area contributed by atoms with Gasteiger partial charge in [-0.25, -0.2) is 4.98 Å². The number of aryl methyl sites for hydroxylation is 2. The number of aromatic nitrogens is 3. The van der Waals surface area contributed by atoms with Gasteiger partial charge in [0, 0.05) is 57.6 Å². The van der Waals surface area contributed by atoms with Crippen LogP contribution in [-0.4, -0.2) is 68.6 Å². The van der Waals surface area contributed by atoms with Crippen LogP contribution in [0.15, 0.2) is 30.9 Å². The minimum Gasteiger partial charge on any atom is -0.337 e. The monoisotopic (exact) mass is 508 g/mol. The van der Waals surface area contributed by atoms with Crippen molar-refractivity contribution in [2.24, 2.45) is 5.92 Å². The van der Waals surface area contributed by atoms with Crippen molar-refractivity contribution in [3.8, 4) is 0 Å². The molecule has 4 rings (SSSR count). The highest BCUT2D eigenvalue weighted by Gasteiger charge is 2.30. The van der Waals surface area contributed by atoms with Gasteiger partial charge in [0.15, 0.2) is 0 Å². The second kappa shape index (κ2) is 13.2. The van der Waals surface area contributed by atoms with Crippen molar-refractivity contribution >= 4 is 17.5 Å². The second-order valence-corrected chi connectivity index (χ2v) is 11.0. The lowest BCUT2D eigenvalue weighted by atomic mass is 9.87. The molecule has 8 heteroatoms. The molecule has 1 fully saturated rings. The van der Waals surface area contributed by atoms with E-state index in [-0.39, 0.29) is 17.7 Å². The summed E-state index contributed by atoms with van der Waals surface area (Å²) in [6.07, 6.45) is 10.8. The molecule has 1 aromatic carbocycles. The van der Waals surface area contributed by atoms with Crippen LogP contribution in [0.4, 0.5) is 5.69 Å². The number of carbonyl (C=O) groups is 2. The third-order valence-corrected chi connectivity index (χ3v) is 7.98. The van der Waals surface area contributed by atoms with Gasteiger partial charge in [0.05, 0.1) is 5.69 Å². The minimum atomic E-state index is 0.113. The summed E-state index contributed by atoms with van der Waals surface area (Å²) in [5.41, 5.74) is 3.21. The second-order valence-electron chi connectivity index (χ2n) is 11.0. The average molecular weight is 509 g/mol. The molecule has 8 nitrogen and oxygen atoms in total. The zero-order valence-corrected chi connectivity index (χ0v) is 22.9. The minimum absolute atomic E-state index is 0.113. The van der Waals surface area contributed by atoms with E-state index < -0.39 is 0 Å². The Morgan fingerprint density at radius 1 is 1.03 bits per heavy atom. The first kappa shape index (κ1) is 27.3. The van der Waals surface area contributed by atoms with E-state index >= 15 is 0 Å². The Morgan fingerprint density at radius 2 is 1.84 bits per heavy atom. The molecule has 0 bridgehead atoms. The Morgan fingerprint density at radius 3 is 2.57 bits per heavy atom. The topological polar surface area (TPSA) is 74.6 Å². The molecular formula is C29H44N6O2. The van der Waals surface area contributed by atoms with Crippen molar-refractivity contribution in [1.29, 1.82) is 0 Å². The van der Waals surface area contributed by atoms with Crippen LogP contribution in [0, 0.1) is 12.8 Å². The van der Waals surface area contributed by atoms with Crippen LogP contribution in [-0.2, 0) is 22.7 Å². The highest BCUT2D eigenvalue weighted by Crippen LogP contribution is 2.32. The first-order valence-corrected chi connectivity index (χ1v) is 14.2. The molecule has 1 aromatic heterocycles. The van der Waals surface area contributed by atoms with Crippen molar-refractivity contribution in [1.82, 2.24) is 24.6 Å². The molecule has 2 amide bonds. The van der Waals surface area contributed by atoms with E-state index in [1.807, 2.05) is 4.90 Å². The Kier molecular flexibility index (Phi) is 9.72. The van der Waals surface area contributed by atoms with Gasteiger partial charge < -0.3 is 9.80 Å². The van der Waals surface area contributed by atoms with E-state index in [4.69, 9.17) is 0 Å². The number of benzene rings is 1. The van der Waals surface area contributed by atoms with E-state index in [1.165, 1.54) is 12.7 Å². The van der Waals surface area contributed by atoms with Gasteiger partial charge in [-0.05, 0) is 57.6 Å². The fourth-order valence-corrected chi connectivity index (χ4v) is 5.84. The van der Waals surface area contributed by atoms with Crippen LogP contribution in [0.1, 0.15) is 76.3 Å². The molecule has 0 N–H and O–H groups in total. The number of rotatable bonds is 6. The molecule has 0 unspecified atom stereocenters. The molecule has 37 heavy (non-hydrogen) atoms. The fraction of sp³-hybridized carbons (Fsp3) is 0.655. The molecule has 0 spiro atoms. The molecule has 0 saturated heterocycles.